The van der Waals surface area contributed by atoms with Crippen LogP contribution >= 0.6 is 11.6 Å². The van der Waals surface area contributed by atoms with Gasteiger partial charge in [-0.05, 0) is 53.9 Å². The number of methoxy groups -OCH3 is 1. The highest BCUT2D eigenvalue weighted by molar-refractivity contribution is 6.30. The minimum atomic E-state index is 0.0540. The number of hydrogen-bond donors (Lipinski definition) is 1. The minimum Gasteiger partial charge on any atom is -0.504 e. The van der Waals surface area contributed by atoms with Crippen molar-refractivity contribution in [3.05, 3.63) is 82.6 Å². The molecule has 4 nitrogen and oxygen atoms in total. The summed E-state index contributed by atoms with van der Waals surface area (Å²) in [6.07, 6.45) is 3.20. The van der Waals surface area contributed by atoms with Gasteiger partial charge >= 0.3 is 0 Å². The predicted molar refractivity (Wildman–Crippen MR) is 107 cm³/mol. The first-order valence-electron chi connectivity index (χ1n) is 9.16. The summed E-state index contributed by atoms with van der Waals surface area (Å²) in [4.78, 5) is 2.45. The molecule has 27 heavy (non-hydrogen) atoms. The van der Waals surface area contributed by atoms with E-state index in [1.807, 2.05) is 36.4 Å². The van der Waals surface area contributed by atoms with E-state index in [1.165, 1.54) is 11.3 Å². The number of benzene rings is 2. The van der Waals surface area contributed by atoms with Crippen molar-refractivity contribution in [2.24, 2.45) is 0 Å². The molecule has 1 aromatic heterocycles. The third-order valence-corrected chi connectivity index (χ3v) is 5.38. The second-order valence-corrected chi connectivity index (χ2v) is 7.35. The van der Waals surface area contributed by atoms with Gasteiger partial charge in [-0.25, -0.2) is 0 Å². The monoisotopic (exact) mass is 382 g/mol. The molecule has 1 aliphatic rings. The van der Waals surface area contributed by atoms with Gasteiger partial charge in [0, 0.05) is 36.5 Å². The van der Waals surface area contributed by atoms with Gasteiger partial charge in [0.05, 0.1) is 13.2 Å². The van der Waals surface area contributed by atoms with E-state index in [2.05, 4.69) is 33.9 Å². The first kappa shape index (κ1) is 18.0. The number of ether oxygens (including phenoxy) is 1. The Morgan fingerprint density at radius 1 is 1.11 bits per heavy atom. The van der Waals surface area contributed by atoms with Crippen molar-refractivity contribution in [3.8, 4) is 11.5 Å². The summed E-state index contributed by atoms with van der Waals surface area (Å²) in [7, 11) is 1.57. The van der Waals surface area contributed by atoms with E-state index >= 15 is 0 Å². The molecule has 140 valence electrons. The quantitative estimate of drug-likeness (QED) is 0.700. The number of phenolic OH excluding ortho intramolecular Hbond substituents is 1. The zero-order valence-corrected chi connectivity index (χ0v) is 16.1. The fraction of sp³-hybridized carbons (Fsp3) is 0.273. The summed E-state index contributed by atoms with van der Waals surface area (Å²) in [5.74, 6) is 0.657. The molecule has 0 saturated heterocycles. The molecular weight excluding hydrogens is 360 g/mol. The molecular formula is C22H23ClN2O2. The Morgan fingerprint density at radius 3 is 2.78 bits per heavy atom. The summed E-state index contributed by atoms with van der Waals surface area (Å²) in [5.41, 5.74) is 3.47. The summed E-state index contributed by atoms with van der Waals surface area (Å²) in [6, 6.07) is 18.0. The molecule has 1 aliphatic heterocycles. The van der Waals surface area contributed by atoms with Crippen molar-refractivity contribution >= 4 is 11.6 Å². The van der Waals surface area contributed by atoms with Crippen LogP contribution in [0.15, 0.2) is 60.8 Å². The Bertz CT molecular complexity index is 938. The highest BCUT2D eigenvalue weighted by atomic mass is 35.5. The predicted octanol–water partition coefficient (Wildman–Crippen LogP) is 4.85. The summed E-state index contributed by atoms with van der Waals surface area (Å²) >= 11 is 6.20. The molecule has 1 atom stereocenters. The van der Waals surface area contributed by atoms with E-state index in [9.17, 15) is 5.11 Å². The molecule has 0 radical (unpaired) electrons. The molecule has 2 aromatic carbocycles. The molecule has 0 bridgehead atoms. The summed E-state index contributed by atoms with van der Waals surface area (Å²) in [5, 5.41) is 11.1. The Morgan fingerprint density at radius 2 is 2.00 bits per heavy atom. The normalized spacial score (nSPS) is 17.3. The van der Waals surface area contributed by atoms with E-state index in [0.29, 0.717) is 5.75 Å². The Kier molecular flexibility index (Phi) is 5.10. The first-order chi connectivity index (χ1) is 13.2. The van der Waals surface area contributed by atoms with Gasteiger partial charge < -0.3 is 14.4 Å². The van der Waals surface area contributed by atoms with E-state index in [1.54, 1.807) is 7.11 Å². The zero-order valence-electron chi connectivity index (χ0n) is 15.3. The van der Waals surface area contributed by atoms with Crippen molar-refractivity contribution < 1.29 is 9.84 Å². The van der Waals surface area contributed by atoms with Crippen LogP contribution in [0.1, 0.15) is 29.3 Å². The number of phenols is 1. The molecule has 3 aromatic rings. The lowest BCUT2D eigenvalue weighted by atomic mass is 10.0. The van der Waals surface area contributed by atoms with Gasteiger partial charge in [0.1, 0.15) is 0 Å². The molecule has 0 fully saturated rings. The minimum absolute atomic E-state index is 0.0540. The molecule has 0 unspecified atom stereocenters. The number of fused-ring (bicyclic) bond motifs is 1. The maximum Gasteiger partial charge on any atom is 0.160 e. The van der Waals surface area contributed by atoms with Gasteiger partial charge in [0.25, 0.3) is 0 Å². The average molecular weight is 383 g/mol. The number of aromatic nitrogens is 1. The average Bonchev–Trinajstić information content (AvgIpc) is 3.03. The van der Waals surface area contributed by atoms with Crippen LogP contribution in [0.5, 0.6) is 11.5 Å². The van der Waals surface area contributed by atoms with Gasteiger partial charge in [0.2, 0.25) is 0 Å². The van der Waals surface area contributed by atoms with Gasteiger partial charge in [-0.3, -0.25) is 4.90 Å². The fourth-order valence-corrected chi connectivity index (χ4v) is 4.15. The van der Waals surface area contributed by atoms with Crippen molar-refractivity contribution in [2.45, 2.75) is 25.6 Å². The van der Waals surface area contributed by atoms with E-state index < -0.39 is 0 Å². The van der Waals surface area contributed by atoms with Gasteiger partial charge in [-0.1, -0.05) is 29.8 Å². The molecule has 2 heterocycles. The van der Waals surface area contributed by atoms with E-state index in [4.69, 9.17) is 16.3 Å². The van der Waals surface area contributed by atoms with E-state index in [0.717, 1.165) is 36.6 Å². The fourth-order valence-electron chi connectivity index (χ4n) is 3.94. The Labute approximate surface area is 164 Å². The van der Waals surface area contributed by atoms with Crippen molar-refractivity contribution in [1.29, 1.82) is 0 Å². The van der Waals surface area contributed by atoms with Crippen molar-refractivity contribution in [3.63, 3.8) is 0 Å². The third kappa shape index (κ3) is 3.68. The molecule has 0 saturated carbocycles. The number of halogens is 1. The highest BCUT2D eigenvalue weighted by Crippen LogP contribution is 2.37. The Hall–Kier alpha value is -2.43. The standard InChI is InChI=1S/C22H23ClN2O2/c1-27-21-9-8-17(14-20(21)26)22-19-7-3-10-24(19)11-4-12-25(22)15-16-5-2-6-18(23)13-16/h2-3,5-10,13-14,22,26H,4,11-12,15H2,1H3/t22-/m1/s1. The lowest BCUT2D eigenvalue weighted by Gasteiger charge is -2.31. The number of aromatic hydroxyl groups is 1. The largest absolute Gasteiger partial charge is 0.504 e. The Balaban J connectivity index is 1.75. The lowest BCUT2D eigenvalue weighted by molar-refractivity contribution is 0.220. The van der Waals surface area contributed by atoms with Crippen LogP contribution < -0.4 is 4.74 Å². The third-order valence-electron chi connectivity index (χ3n) is 5.15. The lowest BCUT2D eigenvalue weighted by Crippen LogP contribution is -2.29. The summed E-state index contributed by atoms with van der Waals surface area (Å²) in [6.45, 7) is 2.75. The van der Waals surface area contributed by atoms with Crippen LogP contribution in [0.2, 0.25) is 5.02 Å². The molecule has 0 amide bonds. The highest BCUT2D eigenvalue weighted by Gasteiger charge is 2.28. The maximum absolute atomic E-state index is 10.3. The van der Waals surface area contributed by atoms with Gasteiger partial charge in [-0.15, -0.1) is 0 Å². The van der Waals surface area contributed by atoms with Crippen molar-refractivity contribution in [1.82, 2.24) is 9.47 Å². The maximum atomic E-state index is 10.3. The number of aryl methyl sites for hydroxylation is 1. The second-order valence-electron chi connectivity index (χ2n) is 6.91. The molecule has 0 spiro atoms. The van der Waals surface area contributed by atoms with E-state index in [-0.39, 0.29) is 11.8 Å². The first-order valence-corrected chi connectivity index (χ1v) is 9.54. The molecule has 5 heteroatoms. The SMILES string of the molecule is COc1ccc([C@@H]2c3cccn3CCCN2Cc2cccc(Cl)c2)cc1O. The van der Waals surface area contributed by atoms with Crippen LogP contribution in [0.4, 0.5) is 0 Å². The van der Waals surface area contributed by atoms with Crippen LogP contribution in [0, 0.1) is 0 Å². The van der Waals surface area contributed by atoms with Crippen molar-refractivity contribution in [2.75, 3.05) is 13.7 Å². The molecule has 1 N–H and O–H groups in total. The smallest absolute Gasteiger partial charge is 0.160 e. The topological polar surface area (TPSA) is 37.6 Å². The number of rotatable bonds is 4. The molecule has 4 rings (SSSR count). The number of hydrogen-bond acceptors (Lipinski definition) is 3. The second kappa shape index (κ2) is 7.67. The van der Waals surface area contributed by atoms with Gasteiger partial charge in [0.15, 0.2) is 11.5 Å². The summed E-state index contributed by atoms with van der Waals surface area (Å²) < 4.78 is 7.53. The zero-order chi connectivity index (χ0) is 18.8. The molecule has 0 aliphatic carbocycles. The van der Waals surface area contributed by atoms with Crippen LogP contribution in [-0.4, -0.2) is 28.2 Å². The van der Waals surface area contributed by atoms with Crippen LogP contribution in [0.25, 0.3) is 0 Å². The van der Waals surface area contributed by atoms with Crippen LogP contribution in [0.3, 0.4) is 0 Å². The van der Waals surface area contributed by atoms with Crippen LogP contribution in [-0.2, 0) is 13.1 Å². The van der Waals surface area contributed by atoms with Gasteiger partial charge in [-0.2, -0.15) is 0 Å². The number of nitrogens with zero attached hydrogens (tertiary/aromatic N) is 2.